The summed E-state index contributed by atoms with van der Waals surface area (Å²) in [6.07, 6.45) is -0.590. The third-order valence-corrected chi connectivity index (χ3v) is 3.98. The number of nitrogens with one attached hydrogen (secondary N) is 4. The molecule has 5 N–H and O–H groups in total. The van der Waals surface area contributed by atoms with Gasteiger partial charge in [0.15, 0.2) is 0 Å². The second-order valence-corrected chi connectivity index (χ2v) is 6.35. The summed E-state index contributed by atoms with van der Waals surface area (Å²) >= 11 is 0. The highest BCUT2D eigenvalue weighted by Gasteiger charge is 2.30. The van der Waals surface area contributed by atoms with Crippen molar-refractivity contribution in [2.75, 3.05) is 18.4 Å². The number of rotatable bonds is 7. The van der Waals surface area contributed by atoms with E-state index in [1.807, 2.05) is 6.92 Å². The highest BCUT2D eigenvalue weighted by Crippen LogP contribution is 2.29. The maximum Gasteiger partial charge on any atom is 0.417 e. The molecule has 29 heavy (non-hydrogen) atoms. The van der Waals surface area contributed by atoms with Crippen LogP contribution in [0.1, 0.15) is 18.2 Å². The van der Waals surface area contributed by atoms with Crippen LogP contribution in [0.15, 0.2) is 50.8 Å². The van der Waals surface area contributed by atoms with Crippen LogP contribution in [-0.4, -0.2) is 39.2 Å². The molecule has 9 nitrogen and oxygen atoms in total. The van der Waals surface area contributed by atoms with E-state index in [-0.39, 0.29) is 17.6 Å². The summed E-state index contributed by atoms with van der Waals surface area (Å²) in [6.45, 7) is 2.74. The molecule has 12 heteroatoms. The molecular formula is C17H18F3N7O2. The Hall–Kier alpha value is -3.41. The molecule has 0 aliphatic carbocycles. The molecule has 2 aromatic rings. The number of aromatic nitrogens is 3. The van der Waals surface area contributed by atoms with Gasteiger partial charge in [0.05, 0.1) is 17.5 Å². The van der Waals surface area contributed by atoms with Gasteiger partial charge in [0.25, 0.3) is 0 Å². The van der Waals surface area contributed by atoms with Crippen LogP contribution in [0.3, 0.4) is 0 Å². The van der Waals surface area contributed by atoms with Crippen molar-refractivity contribution in [2.24, 2.45) is 10.2 Å². The third kappa shape index (κ3) is 5.31. The van der Waals surface area contributed by atoms with Crippen LogP contribution in [0.4, 0.5) is 19.0 Å². The Labute approximate surface area is 162 Å². The Morgan fingerprint density at radius 1 is 1.31 bits per heavy atom. The molecule has 0 bridgehead atoms. The fourth-order valence-corrected chi connectivity index (χ4v) is 2.55. The van der Waals surface area contributed by atoms with Gasteiger partial charge in [0.1, 0.15) is 11.5 Å². The molecule has 1 atom stereocenters. The first-order valence-corrected chi connectivity index (χ1v) is 8.56. The average molecular weight is 409 g/mol. The van der Waals surface area contributed by atoms with Gasteiger partial charge in [0, 0.05) is 30.9 Å². The van der Waals surface area contributed by atoms with Gasteiger partial charge >= 0.3 is 11.9 Å². The van der Waals surface area contributed by atoms with Crippen molar-refractivity contribution < 1.29 is 18.3 Å². The molecule has 3 heterocycles. The number of hydrogen-bond acceptors (Lipinski definition) is 7. The second kappa shape index (κ2) is 8.31. The van der Waals surface area contributed by atoms with Crippen molar-refractivity contribution >= 4 is 11.9 Å². The van der Waals surface area contributed by atoms with E-state index >= 15 is 0 Å². The number of nitrogens with zero attached hydrogens (tertiary/aromatic N) is 3. The largest absolute Gasteiger partial charge is 0.493 e. The van der Waals surface area contributed by atoms with Crippen molar-refractivity contribution in [1.82, 2.24) is 20.3 Å². The molecule has 0 aromatic carbocycles. The monoisotopic (exact) mass is 409 g/mol. The van der Waals surface area contributed by atoms with Crippen molar-refractivity contribution in [3.8, 4) is 5.88 Å². The topological polar surface area (TPSA) is 131 Å². The highest BCUT2D eigenvalue weighted by atomic mass is 19.4. The molecule has 2 aromatic heterocycles. The molecule has 0 radical (unpaired) electrons. The zero-order valence-electron chi connectivity index (χ0n) is 15.2. The van der Waals surface area contributed by atoms with E-state index in [0.29, 0.717) is 24.6 Å². The molecule has 1 aliphatic heterocycles. The van der Waals surface area contributed by atoms with Crippen molar-refractivity contribution in [2.45, 2.75) is 19.1 Å². The zero-order chi connectivity index (χ0) is 21.0. The van der Waals surface area contributed by atoms with E-state index in [1.54, 1.807) is 6.20 Å². The van der Waals surface area contributed by atoms with Gasteiger partial charge in [0.2, 0.25) is 5.88 Å². The van der Waals surface area contributed by atoms with Gasteiger partial charge in [-0.1, -0.05) is 0 Å². The number of alkyl halides is 3. The smallest absolute Gasteiger partial charge is 0.417 e. The maximum atomic E-state index is 12.6. The first-order valence-electron chi connectivity index (χ1n) is 8.56. The van der Waals surface area contributed by atoms with Crippen molar-refractivity contribution in [3.05, 3.63) is 57.5 Å². The van der Waals surface area contributed by atoms with Crippen molar-refractivity contribution in [3.63, 3.8) is 0 Å². The van der Waals surface area contributed by atoms with Crippen LogP contribution in [-0.2, 0) is 6.18 Å². The number of aromatic hydroxyl groups is 1. The fourth-order valence-electron chi connectivity index (χ4n) is 2.55. The summed E-state index contributed by atoms with van der Waals surface area (Å²) in [5.41, 5.74) is 0.0767. The number of pyridine rings is 1. The van der Waals surface area contributed by atoms with Gasteiger partial charge in [-0.2, -0.15) is 23.4 Å². The normalized spacial score (nSPS) is 16.3. The molecule has 0 fully saturated rings. The predicted octanol–water partition coefficient (Wildman–Crippen LogP) is 2.60. The number of anilines is 1. The molecule has 0 spiro atoms. The van der Waals surface area contributed by atoms with Gasteiger partial charge in [-0.05, 0) is 25.1 Å². The minimum Gasteiger partial charge on any atom is -0.493 e. The third-order valence-electron chi connectivity index (χ3n) is 3.98. The average Bonchev–Trinajstić information content (AvgIpc) is 3.21. The minimum atomic E-state index is -4.42. The lowest BCUT2D eigenvalue weighted by atomic mass is 10.2. The molecule has 0 saturated carbocycles. The van der Waals surface area contributed by atoms with E-state index in [2.05, 4.69) is 35.8 Å². The van der Waals surface area contributed by atoms with Crippen LogP contribution in [0.25, 0.3) is 6.08 Å². The summed E-state index contributed by atoms with van der Waals surface area (Å²) in [5.74, 6) is 0.0450. The molecular weight excluding hydrogens is 391 g/mol. The van der Waals surface area contributed by atoms with Crippen LogP contribution in [0, 0.1) is 0 Å². The molecule has 0 amide bonds. The van der Waals surface area contributed by atoms with Gasteiger partial charge < -0.3 is 20.7 Å². The van der Waals surface area contributed by atoms with Gasteiger partial charge in [-0.25, -0.2) is 9.78 Å². The Bertz CT molecular complexity index is 1000. The summed E-state index contributed by atoms with van der Waals surface area (Å²) in [7, 11) is 0. The molecule has 1 aliphatic rings. The maximum absolute atomic E-state index is 12.6. The van der Waals surface area contributed by atoms with Crippen LogP contribution in [0.5, 0.6) is 5.88 Å². The number of hydrogen-bond donors (Lipinski definition) is 5. The van der Waals surface area contributed by atoms with E-state index in [1.165, 1.54) is 12.1 Å². The Kier molecular flexibility index (Phi) is 5.82. The van der Waals surface area contributed by atoms with Crippen LogP contribution >= 0.6 is 0 Å². The summed E-state index contributed by atoms with van der Waals surface area (Å²) in [5, 5.41) is 23.6. The SMILES string of the molecule is C[C@H](CNCC1=CN=NC1=Cc1[nH]c(=O)[nH]c1O)Nc1ccc(C(F)(F)F)cn1. The Morgan fingerprint density at radius 2 is 2.10 bits per heavy atom. The summed E-state index contributed by atoms with van der Waals surface area (Å²) in [6, 6.07) is 2.13. The lowest BCUT2D eigenvalue weighted by Gasteiger charge is -2.16. The lowest BCUT2D eigenvalue weighted by Crippen LogP contribution is -2.32. The van der Waals surface area contributed by atoms with Gasteiger partial charge in [-0.15, -0.1) is 0 Å². The zero-order valence-corrected chi connectivity index (χ0v) is 15.2. The summed E-state index contributed by atoms with van der Waals surface area (Å²) in [4.78, 5) is 19.6. The molecule has 0 unspecified atom stereocenters. The number of halogens is 3. The number of aromatic amines is 2. The quantitative estimate of drug-likeness (QED) is 0.480. The van der Waals surface area contributed by atoms with E-state index in [4.69, 9.17) is 0 Å². The Morgan fingerprint density at radius 3 is 2.72 bits per heavy atom. The first-order chi connectivity index (χ1) is 13.7. The standard InChI is InChI=1S/C17H18F3N7O2/c1-9(24-14-3-2-11(8-22-14)17(18,19)20)5-21-6-10-7-23-27-12(10)4-13-15(28)26-16(29)25-13/h2-4,7-9,21,28H,5-6H2,1H3,(H,22,24)(H2,25,26,29)/t9-/m1/s1. The summed E-state index contributed by atoms with van der Waals surface area (Å²) < 4.78 is 37.7. The highest BCUT2D eigenvalue weighted by molar-refractivity contribution is 5.59. The molecule has 0 saturated heterocycles. The predicted molar refractivity (Wildman–Crippen MR) is 99.2 cm³/mol. The van der Waals surface area contributed by atoms with Crippen LogP contribution in [0.2, 0.25) is 0 Å². The minimum absolute atomic E-state index is 0.118. The lowest BCUT2D eigenvalue weighted by molar-refractivity contribution is -0.137. The second-order valence-electron chi connectivity index (χ2n) is 6.35. The first kappa shape index (κ1) is 20.3. The van der Waals surface area contributed by atoms with Gasteiger partial charge in [-0.3, -0.25) is 4.98 Å². The number of H-pyrrole nitrogens is 2. The van der Waals surface area contributed by atoms with E-state index in [0.717, 1.165) is 17.8 Å². The van der Waals surface area contributed by atoms with E-state index in [9.17, 15) is 23.1 Å². The molecule has 3 rings (SSSR count). The molecule has 154 valence electrons. The van der Waals surface area contributed by atoms with Crippen molar-refractivity contribution in [1.29, 1.82) is 0 Å². The van der Waals surface area contributed by atoms with E-state index < -0.39 is 17.4 Å². The fraction of sp³-hybridized carbons (Fsp3) is 0.294. The number of imidazole rings is 1. The Balaban J connectivity index is 1.50. The number of azo groups is 1. The van der Waals surface area contributed by atoms with Crippen LogP contribution < -0.4 is 16.3 Å².